The van der Waals surface area contributed by atoms with E-state index in [4.69, 9.17) is 5.26 Å². The average molecular weight is 243 g/mol. The van der Waals surface area contributed by atoms with Crippen molar-refractivity contribution in [2.75, 3.05) is 31.5 Å². The van der Waals surface area contributed by atoms with Crippen molar-refractivity contribution in [1.29, 1.82) is 5.26 Å². The van der Waals surface area contributed by atoms with Gasteiger partial charge in [0, 0.05) is 12.2 Å². The topological polar surface area (TPSA) is 39.1 Å². The Balaban J connectivity index is 1.65. The molecule has 1 aliphatic heterocycles. The quantitative estimate of drug-likeness (QED) is 0.781. The third kappa shape index (κ3) is 4.05. The van der Waals surface area contributed by atoms with Crippen LogP contribution in [0.4, 0.5) is 5.69 Å². The number of rotatable bonds is 6. The van der Waals surface area contributed by atoms with Gasteiger partial charge in [-0.15, -0.1) is 0 Å². The summed E-state index contributed by atoms with van der Waals surface area (Å²) in [6, 6.07) is 10.3. The number of benzene rings is 1. The second-order valence-corrected chi connectivity index (χ2v) is 4.86. The molecule has 18 heavy (non-hydrogen) atoms. The zero-order valence-electron chi connectivity index (χ0n) is 10.9. The molecule has 0 unspecified atom stereocenters. The summed E-state index contributed by atoms with van der Waals surface area (Å²) in [5.41, 5.74) is 2.23. The summed E-state index contributed by atoms with van der Waals surface area (Å²) in [5, 5.41) is 12.0. The van der Waals surface area contributed by atoms with Crippen LogP contribution in [0, 0.1) is 11.3 Å². The molecular formula is C15H21N3. The van der Waals surface area contributed by atoms with Crippen LogP contribution in [-0.2, 0) is 6.42 Å². The van der Waals surface area contributed by atoms with Crippen LogP contribution >= 0.6 is 0 Å². The largest absolute Gasteiger partial charge is 0.385 e. The predicted octanol–water partition coefficient (Wildman–Crippen LogP) is 2.65. The fourth-order valence-corrected chi connectivity index (χ4v) is 2.37. The average Bonchev–Trinajstić information content (AvgIpc) is 2.90. The molecule has 0 aliphatic carbocycles. The summed E-state index contributed by atoms with van der Waals surface area (Å²) in [6.45, 7) is 4.79. The minimum Gasteiger partial charge on any atom is -0.385 e. The molecule has 1 aliphatic rings. The highest BCUT2D eigenvalue weighted by Gasteiger charge is 2.09. The van der Waals surface area contributed by atoms with Crippen molar-refractivity contribution in [1.82, 2.24) is 4.90 Å². The van der Waals surface area contributed by atoms with Crippen molar-refractivity contribution < 1.29 is 0 Å². The molecule has 0 spiro atoms. The van der Waals surface area contributed by atoms with Gasteiger partial charge in [0.15, 0.2) is 0 Å². The minimum absolute atomic E-state index is 0.495. The Morgan fingerprint density at radius 3 is 2.56 bits per heavy atom. The first-order valence-electron chi connectivity index (χ1n) is 6.80. The van der Waals surface area contributed by atoms with Crippen LogP contribution in [0.25, 0.3) is 0 Å². The lowest BCUT2D eigenvalue weighted by molar-refractivity contribution is 0.337. The second-order valence-electron chi connectivity index (χ2n) is 4.86. The van der Waals surface area contributed by atoms with E-state index >= 15 is 0 Å². The van der Waals surface area contributed by atoms with Crippen molar-refractivity contribution in [3.05, 3.63) is 29.8 Å². The molecule has 1 fully saturated rings. The number of nitriles is 1. The van der Waals surface area contributed by atoms with Crippen LogP contribution in [0.5, 0.6) is 0 Å². The normalized spacial score (nSPS) is 15.5. The number of nitrogens with zero attached hydrogens (tertiary/aromatic N) is 2. The van der Waals surface area contributed by atoms with Gasteiger partial charge in [0.05, 0.1) is 12.5 Å². The molecule has 0 radical (unpaired) electrons. The Labute approximate surface area is 109 Å². The van der Waals surface area contributed by atoms with Gasteiger partial charge in [0.1, 0.15) is 0 Å². The van der Waals surface area contributed by atoms with Crippen molar-refractivity contribution in [2.45, 2.75) is 25.7 Å². The maximum atomic E-state index is 8.60. The molecule has 96 valence electrons. The fraction of sp³-hybridized carbons (Fsp3) is 0.533. The van der Waals surface area contributed by atoms with Gasteiger partial charge in [-0.25, -0.2) is 0 Å². The maximum Gasteiger partial charge on any atom is 0.0669 e. The lowest BCUT2D eigenvalue weighted by Gasteiger charge is -2.14. The zero-order valence-corrected chi connectivity index (χ0v) is 10.9. The molecule has 0 saturated carbocycles. The van der Waals surface area contributed by atoms with E-state index in [9.17, 15) is 0 Å². The molecule has 3 nitrogen and oxygen atoms in total. The summed E-state index contributed by atoms with van der Waals surface area (Å²) < 4.78 is 0. The Morgan fingerprint density at radius 1 is 1.17 bits per heavy atom. The van der Waals surface area contributed by atoms with E-state index in [1.165, 1.54) is 38.9 Å². The van der Waals surface area contributed by atoms with Gasteiger partial charge in [0.2, 0.25) is 0 Å². The molecule has 1 saturated heterocycles. The zero-order chi connectivity index (χ0) is 12.6. The van der Waals surface area contributed by atoms with E-state index in [0.717, 1.165) is 17.8 Å². The van der Waals surface area contributed by atoms with Crippen molar-refractivity contribution in [3.63, 3.8) is 0 Å². The molecule has 2 rings (SSSR count). The van der Waals surface area contributed by atoms with Gasteiger partial charge < -0.3 is 10.2 Å². The van der Waals surface area contributed by atoms with Crippen molar-refractivity contribution in [3.8, 4) is 6.07 Å². The van der Waals surface area contributed by atoms with Crippen LogP contribution in [-0.4, -0.2) is 31.1 Å². The lowest BCUT2D eigenvalue weighted by atomic mass is 10.1. The predicted molar refractivity (Wildman–Crippen MR) is 74.5 cm³/mol. The summed E-state index contributed by atoms with van der Waals surface area (Å²) >= 11 is 0. The third-order valence-corrected chi connectivity index (χ3v) is 3.42. The highest BCUT2D eigenvalue weighted by Crippen LogP contribution is 2.11. The van der Waals surface area contributed by atoms with Gasteiger partial charge in [0.25, 0.3) is 0 Å². The van der Waals surface area contributed by atoms with Crippen molar-refractivity contribution >= 4 is 5.69 Å². The van der Waals surface area contributed by atoms with Crippen LogP contribution in [0.3, 0.4) is 0 Å². The van der Waals surface area contributed by atoms with Crippen LogP contribution < -0.4 is 5.32 Å². The smallest absolute Gasteiger partial charge is 0.0669 e. The molecular weight excluding hydrogens is 222 g/mol. The van der Waals surface area contributed by atoms with Gasteiger partial charge in [-0.3, -0.25) is 0 Å². The van der Waals surface area contributed by atoms with E-state index in [2.05, 4.69) is 28.4 Å². The molecule has 1 N–H and O–H groups in total. The van der Waals surface area contributed by atoms with Gasteiger partial charge in [-0.05, 0) is 56.6 Å². The summed E-state index contributed by atoms with van der Waals surface area (Å²) in [4.78, 5) is 2.54. The van der Waals surface area contributed by atoms with E-state index in [1.54, 1.807) is 0 Å². The molecule has 0 aromatic heterocycles. The number of hydrogen-bond acceptors (Lipinski definition) is 3. The fourth-order valence-electron chi connectivity index (χ4n) is 2.37. The Hall–Kier alpha value is -1.53. The number of anilines is 1. The second kappa shape index (κ2) is 7.03. The van der Waals surface area contributed by atoms with Crippen LogP contribution in [0.1, 0.15) is 24.8 Å². The van der Waals surface area contributed by atoms with Crippen LogP contribution in [0.2, 0.25) is 0 Å². The van der Waals surface area contributed by atoms with Crippen LogP contribution in [0.15, 0.2) is 24.3 Å². The number of likely N-dealkylation sites (tertiary alicyclic amines) is 1. The first-order valence-corrected chi connectivity index (χ1v) is 6.80. The highest BCUT2D eigenvalue weighted by atomic mass is 15.1. The minimum atomic E-state index is 0.495. The van der Waals surface area contributed by atoms with Gasteiger partial charge >= 0.3 is 0 Å². The lowest BCUT2D eigenvalue weighted by Crippen LogP contribution is -2.22. The Bertz CT molecular complexity index is 385. The molecule has 0 atom stereocenters. The van der Waals surface area contributed by atoms with E-state index in [-0.39, 0.29) is 0 Å². The number of nitrogens with one attached hydrogen (secondary N) is 1. The molecule has 1 aromatic rings. The van der Waals surface area contributed by atoms with Gasteiger partial charge in [-0.1, -0.05) is 12.1 Å². The maximum absolute atomic E-state index is 8.60. The van der Waals surface area contributed by atoms with E-state index in [1.807, 2.05) is 12.1 Å². The molecule has 1 heterocycles. The standard InChI is InChI=1S/C15H21N3/c16-9-8-14-4-6-15(7-5-14)17-10-3-13-18-11-1-2-12-18/h4-7,17H,1-3,8,10-13H2. The van der Waals surface area contributed by atoms with Gasteiger partial charge in [-0.2, -0.15) is 5.26 Å². The first-order chi connectivity index (χ1) is 8.88. The highest BCUT2D eigenvalue weighted by molar-refractivity contribution is 5.44. The molecule has 0 amide bonds. The Kier molecular flexibility index (Phi) is 5.04. The summed E-state index contributed by atoms with van der Waals surface area (Å²) in [7, 11) is 0. The summed E-state index contributed by atoms with van der Waals surface area (Å²) in [5.74, 6) is 0. The monoisotopic (exact) mass is 243 g/mol. The molecule has 1 aromatic carbocycles. The Morgan fingerprint density at radius 2 is 1.89 bits per heavy atom. The SMILES string of the molecule is N#CCc1ccc(NCCCN2CCCC2)cc1. The van der Waals surface area contributed by atoms with Crippen molar-refractivity contribution in [2.24, 2.45) is 0 Å². The molecule has 0 bridgehead atoms. The van der Waals surface area contributed by atoms with E-state index in [0.29, 0.717) is 6.42 Å². The summed E-state index contributed by atoms with van der Waals surface area (Å²) in [6.07, 6.45) is 4.43. The number of hydrogen-bond donors (Lipinski definition) is 1. The first kappa shape index (κ1) is 12.9. The van der Waals surface area contributed by atoms with E-state index < -0.39 is 0 Å². The molecule has 3 heteroatoms. The third-order valence-electron chi connectivity index (χ3n) is 3.42.